The topological polar surface area (TPSA) is 43.8 Å². The molecule has 0 aromatic carbocycles. The largest absolute Gasteiger partial charge is 0.330 e. The van der Waals surface area contributed by atoms with Crippen LogP contribution in [0.2, 0.25) is 0 Å². The van der Waals surface area contributed by atoms with Gasteiger partial charge >= 0.3 is 0 Å². The van der Waals surface area contributed by atoms with Gasteiger partial charge in [-0.15, -0.1) is 0 Å². The molecule has 2 heterocycles. The number of rotatable bonds is 3. The van der Waals surface area contributed by atoms with E-state index in [1.807, 2.05) is 18.0 Å². The quantitative estimate of drug-likeness (QED) is 0.928. The highest BCUT2D eigenvalue weighted by Crippen LogP contribution is 2.30. The van der Waals surface area contributed by atoms with Crippen molar-refractivity contribution in [2.45, 2.75) is 25.3 Å². The summed E-state index contributed by atoms with van der Waals surface area (Å²) < 4.78 is 3.26. The second-order valence-electron chi connectivity index (χ2n) is 3.79. The molecule has 3 nitrogen and oxygen atoms in total. The van der Waals surface area contributed by atoms with E-state index in [1.165, 1.54) is 29.9 Å². The highest BCUT2D eigenvalue weighted by molar-refractivity contribution is 9.10. The Morgan fingerprint density at radius 1 is 1.53 bits per heavy atom. The molecule has 2 N–H and O–H groups in total. The molecular formula is C10H16BrN3S. The minimum atomic E-state index is 0.576. The number of nitrogens with two attached hydrogens (primary N) is 1. The van der Waals surface area contributed by atoms with E-state index in [9.17, 15) is 0 Å². The minimum absolute atomic E-state index is 0.576. The number of hydrogen-bond acceptors (Lipinski definition) is 3. The van der Waals surface area contributed by atoms with E-state index < -0.39 is 0 Å². The lowest BCUT2D eigenvalue weighted by Crippen LogP contribution is -2.16. The van der Waals surface area contributed by atoms with Crippen molar-refractivity contribution in [1.29, 1.82) is 0 Å². The van der Waals surface area contributed by atoms with E-state index >= 15 is 0 Å². The smallest absolute Gasteiger partial charge is 0.107 e. The number of halogens is 1. The predicted molar refractivity (Wildman–Crippen MR) is 68.3 cm³/mol. The molecule has 0 aliphatic carbocycles. The van der Waals surface area contributed by atoms with Gasteiger partial charge in [0.05, 0.1) is 12.2 Å². The fourth-order valence-corrected chi connectivity index (χ4v) is 3.65. The van der Waals surface area contributed by atoms with Gasteiger partial charge in [-0.25, -0.2) is 0 Å². The predicted octanol–water partition coefficient (Wildman–Crippen LogP) is 2.21. The van der Waals surface area contributed by atoms with Gasteiger partial charge in [0, 0.05) is 5.56 Å². The van der Waals surface area contributed by atoms with Crippen LogP contribution in [0.1, 0.15) is 24.4 Å². The van der Waals surface area contributed by atoms with Crippen molar-refractivity contribution in [2.24, 2.45) is 5.73 Å². The van der Waals surface area contributed by atoms with Gasteiger partial charge < -0.3 is 5.73 Å². The zero-order valence-electron chi connectivity index (χ0n) is 8.66. The van der Waals surface area contributed by atoms with Crippen molar-refractivity contribution in [3.05, 3.63) is 16.4 Å². The van der Waals surface area contributed by atoms with Crippen LogP contribution in [-0.4, -0.2) is 27.8 Å². The first-order chi connectivity index (χ1) is 7.33. The van der Waals surface area contributed by atoms with Gasteiger partial charge in [0.2, 0.25) is 0 Å². The molecule has 0 bridgehead atoms. The van der Waals surface area contributed by atoms with Gasteiger partial charge in [-0.1, -0.05) is 0 Å². The van der Waals surface area contributed by atoms with Crippen LogP contribution in [0.15, 0.2) is 10.8 Å². The molecule has 2 rings (SSSR count). The third-order valence-corrected chi connectivity index (χ3v) is 4.68. The monoisotopic (exact) mass is 289 g/mol. The van der Waals surface area contributed by atoms with Crippen LogP contribution >= 0.6 is 27.7 Å². The Labute approximate surface area is 103 Å². The molecule has 1 aromatic rings. The highest BCUT2D eigenvalue weighted by atomic mass is 79.9. The van der Waals surface area contributed by atoms with E-state index in [0.29, 0.717) is 12.6 Å². The number of nitrogens with zero attached hydrogens (tertiary/aromatic N) is 2. The average molecular weight is 290 g/mol. The van der Waals surface area contributed by atoms with Crippen molar-refractivity contribution in [3.63, 3.8) is 0 Å². The van der Waals surface area contributed by atoms with Crippen molar-refractivity contribution in [1.82, 2.24) is 9.78 Å². The standard InChI is InChI=1S/C10H16BrN3S/c11-10-8(1-4-12)7-13-14(10)9-2-5-15-6-3-9/h7,9H,1-6,12H2. The van der Waals surface area contributed by atoms with E-state index in [4.69, 9.17) is 5.73 Å². The summed E-state index contributed by atoms with van der Waals surface area (Å²) in [6, 6.07) is 0.576. The molecule has 0 amide bonds. The Morgan fingerprint density at radius 2 is 2.27 bits per heavy atom. The molecule has 84 valence electrons. The summed E-state index contributed by atoms with van der Waals surface area (Å²) >= 11 is 5.67. The maximum atomic E-state index is 5.56. The summed E-state index contributed by atoms with van der Waals surface area (Å²) in [7, 11) is 0. The summed E-state index contributed by atoms with van der Waals surface area (Å²) in [4.78, 5) is 0. The third kappa shape index (κ3) is 2.57. The second kappa shape index (κ2) is 5.37. The van der Waals surface area contributed by atoms with E-state index in [0.717, 1.165) is 11.0 Å². The molecule has 0 radical (unpaired) electrons. The Kier molecular flexibility index (Phi) is 4.11. The van der Waals surface area contributed by atoms with Crippen molar-refractivity contribution in [3.8, 4) is 0 Å². The van der Waals surface area contributed by atoms with Crippen LogP contribution in [0, 0.1) is 0 Å². The van der Waals surface area contributed by atoms with Crippen LogP contribution in [0.4, 0.5) is 0 Å². The third-order valence-electron chi connectivity index (χ3n) is 2.75. The van der Waals surface area contributed by atoms with Gasteiger partial charge in [0.15, 0.2) is 0 Å². The normalized spacial score (nSPS) is 18.3. The number of aromatic nitrogens is 2. The summed E-state index contributed by atoms with van der Waals surface area (Å²) in [5.74, 6) is 2.51. The van der Waals surface area contributed by atoms with Gasteiger partial charge in [0.25, 0.3) is 0 Å². The second-order valence-corrected chi connectivity index (χ2v) is 5.76. The van der Waals surface area contributed by atoms with Crippen LogP contribution < -0.4 is 5.73 Å². The number of hydrogen-bond donors (Lipinski definition) is 1. The molecule has 1 fully saturated rings. The summed E-state index contributed by atoms with van der Waals surface area (Å²) in [6.07, 6.45) is 5.31. The first-order valence-electron chi connectivity index (χ1n) is 5.32. The Morgan fingerprint density at radius 3 is 2.93 bits per heavy atom. The van der Waals surface area contributed by atoms with Crippen LogP contribution in [0.5, 0.6) is 0 Å². The fourth-order valence-electron chi connectivity index (χ4n) is 1.89. The van der Waals surface area contributed by atoms with Gasteiger partial charge in [0.1, 0.15) is 4.60 Å². The van der Waals surface area contributed by atoms with E-state index in [1.54, 1.807) is 0 Å². The van der Waals surface area contributed by atoms with Crippen molar-refractivity contribution < 1.29 is 0 Å². The van der Waals surface area contributed by atoms with Crippen LogP contribution in [-0.2, 0) is 6.42 Å². The zero-order chi connectivity index (χ0) is 10.7. The molecule has 0 unspecified atom stereocenters. The van der Waals surface area contributed by atoms with Gasteiger partial charge in [-0.05, 0) is 53.2 Å². The Balaban J connectivity index is 2.13. The van der Waals surface area contributed by atoms with Crippen LogP contribution in [0.25, 0.3) is 0 Å². The summed E-state index contributed by atoms with van der Waals surface area (Å²) in [5.41, 5.74) is 6.79. The number of thioether (sulfide) groups is 1. The van der Waals surface area contributed by atoms with E-state index in [-0.39, 0.29) is 0 Å². The maximum Gasteiger partial charge on any atom is 0.107 e. The molecule has 1 aliphatic rings. The highest BCUT2D eigenvalue weighted by Gasteiger charge is 2.19. The van der Waals surface area contributed by atoms with E-state index in [2.05, 4.69) is 25.7 Å². The molecular weight excluding hydrogens is 274 g/mol. The molecule has 0 atom stereocenters. The minimum Gasteiger partial charge on any atom is -0.330 e. The fraction of sp³-hybridized carbons (Fsp3) is 0.700. The summed E-state index contributed by atoms with van der Waals surface area (Å²) in [6.45, 7) is 0.685. The Bertz CT molecular complexity index is 320. The lowest BCUT2D eigenvalue weighted by atomic mass is 10.1. The van der Waals surface area contributed by atoms with Crippen LogP contribution in [0.3, 0.4) is 0 Å². The molecule has 15 heavy (non-hydrogen) atoms. The average Bonchev–Trinajstić information content (AvgIpc) is 2.63. The lowest BCUT2D eigenvalue weighted by Gasteiger charge is -2.22. The molecule has 5 heteroatoms. The van der Waals surface area contributed by atoms with Gasteiger partial charge in [-0.3, -0.25) is 4.68 Å². The summed E-state index contributed by atoms with van der Waals surface area (Å²) in [5, 5.41) is 4.46. The first kappa shape index (κ1) is 11.5. The lowest BCUT2D eigenvalue weighted by molar-refractivity contribution is 0.419. The molecule has 0 saturated carbocycles. The Hall–Kier alpha value is 0. The SMILES string of the molecule is NCCc1cnn(C2CCSCC2)c1Br. The molecule has 1 saturated heterocycles. The van der Waals surface area contributed by atoms with Crippen molar-refractivity contribution in [2.75, 3.05) is 18.1 Å². The first-order valence-corrected chi connectivity index (χ1v) is 7.27. The molecule has 1 aromatic heterocycles. The zero-order valence-corrected chi connectivity index (χ0v) is 11.1. The molecule has 0 spiro atoms. The van der Waals surface area contributed by atoms with Gasteiger partial charge in [-0.2, -0.15) is 16.9 Å². The van der Waals surface area contributed by atoms with Crippen molar-refractivity contribution >= 4 is 27.7 Å². The maximum absolute atomic E-state index is 5.56. The molecule has 1 aliphatic heterocycles.